The molecule has 98 valence electrons. The molecule has 1 aromatic heterocycles. The summed E-state index contributed by atoms with van der Waals surface area (Å²) in [7, 11) is 1.95. The van der Waals surface area contributed by atoms with Crippen molar-refractivity contribution in [2.24, 2.45) is 7.05 Å². The molecule has 4 heteroatoms. The van der Waals surface area contributed by atoms with Crippen LogP contribution < -0.4 is 0 Å². The summed E-state index contributed by atoms with van der Waals surface area (Å²) in [4.78, 5) is 25.6. The van der Waals surface area contributed by atoms with E-state index < -0.39 is 0 Å². The molecule has 0 spiro atoms. The zero-order chi connectivity index (χ0) is 13.3. The highest BCUT2D eigenvalue weighted by atomic mass is 16.2. The highest BCUT2D eigenvalue weighted by molar-refractivity contribution is 6.00. The topological polar surface area (TPSA) is 42.3 Å². The number of carbonyl (C=O) groups excluding carboxylic acids is 2. The fourth-order valence-electron chi connectivity index (χ4n) is 2.43. The summed E-state index contributed by atoms with van der Waals surface area (Å²) in [5, 5.41) is 0. The molecule has 2 heterocycles. The lowest BCUT2D eigenvalue weighted by atomic mass is 10.1. The Morgan fingerprint density at radius 2 is 2.06 bits per heavy atom. The van der Waals surface area contributed by atoms with Gasteiger partial charge in [-0.2, -0.15) is 0 Å². The van der Waals surface area contributed by atoms with Crippen LogP contribution in [-0.2, 0) is 11.8 Å². The second-order valence-corrected chi connectivity index (χ2v) is 5.04. The fourth-order valence-corrected chi connectivity index (χ4v) is 2.43. The average Bonchev–Trinajstić information content (AvgIpc) is 2.60. The summed E-state index contributed by atoms with van der Waals surface area (Å²) in [5.41, 5.74) is 2.79. The van der Waals surface area contributed by atoms with E-state index >= 15 is 0 Å². The van der Waals surface area contributed by atoms with Crippen LogP contribution in [0.1, 0.15) is 41.0 Å². The number of nitrogens with zero attached hydrogens (tertiary/aromatic N) is 2. The summed E-state index contributed by atoms with van der Waals surface area (Å²) in [6.45, 7) is 4.87. The first-order valence-corrected chi connectivity index (χ1v) is 6.44. The van der Waals surface area contributed by atoms with Crippen molar-refractivity contribution in [2.45, 2.75) is 33.1 Å². The van der Waals surface area contributed by atoms with Crippen molar-refractivity contribution in [3.05, 3.63) is 23.0 Å². The predicted octanol–water partition coefficient (Wildman–Crippen LogP) is 1.84. The Morgan fingerprint density at radius 1 is 1.33 bits per heavy atom. The molecule has 4 nitrogen and oxygen atoms in total. The summed E-state index contributed by atoms with van der Waals surface area (Å²) in [5.74, 6) is 0.159. The van der Waals surface area contributed by atoms with Gasteiger partial charge >= 0.3 is 0 Å². The average molecular weight is 248 g/mol. The number of aromatic nitrogens is 1. The van der Waals surface area contributed by atoms with E-state index in [0.29, 0.717) is 6.42 Å². The fraction of sp³-hybridized carbons (Fsp3) is 0.571. The van der Waals surface area contributed by atoms with Crippen molar-refractivity contribution in [3.63, 3.8) is 0 Å². The number of Topliss-reactive ketones (excluding diaryl/α,β-unsaturated/α-hetero) is 1. The van der Waals surface area contributed by atoms with Gasteiger partial charge in [-0.25, -0.2) is 0 Å². The van der Waals surface area contributed by atoms with Gasteiger partial charge in [0.25, 0.3) is 0 Å². The normalized spacial score (nSPS) is 16.2. The molecule has 1 amide bonds. The number of aryl methyl sites for hydroxylation is 1. The molecule has 0 saturated carbocycles. The van der Waals surface area contributed by atoms with Crippen molar-refractivity contribution in [3.8, 4) is 0 Å². The van der Waals surface area contributed by atoms with Gasteiger partial charge in [0.1, 0.15) is 0 Å². The number of hydrogen-bond acceptors (Lipinski definition) is 2. The second kappa shape index (κ2) is 4.96. The Morgan fingerprint density at radius 3 is 2.61 bits per heavy atom. The minimum atomic E-state index is 0.0476. The second-order valence-electron chi connectivity index (χ2n) is 5.04. The largest absolute Gasteiger partial charge is 0.351 e. The van der Waals surface area contributed by atoms with Crippen molar-refractivity contribution < 1.29 is 9.59 Å². The maximum atomic E-state index is 12.2. The third-order valence-corrected chi connectivity index (χ3v) is 3.83. The molecule has 0 atom stereocenters. The summed E-state index contributed by atoms with van der Waals surface area (Å²) >= 11 is 0. The zero-order valence-electron chi connectivity index (χ0n) is 11.3. The maximum absolute atomic E-state index is 12.2. The Balaban J connectivity index is 2.12. The molecule has 0 aliphatic carbocycles. The number of hydrogen-bond donors (Lipinski definition) is 0. The maximum Gasteiger partial charge on any atom is 0.222 e. The molecular weight excluding hydrogens is 228 g/mol. The molecule has 1 aliphatic rings. The number of piperidine rings is 1. The number of amides is 1. The zero-order valence-corrected chi connectivity index (χ0v) is 11.3. The van der Waals surface area contributed by atoms with E-state index in [4.69, 9.17) is 0 Å². The molecule has 1 aliphatic heterocycles. The Kier molecular flexibility index (Phi) is 3.55. The van der Waals surface area contributed by atoms with Gasteiger partial charge in [-0.15, -0.1) is 0 Å². The Hall–Kier alpha value is -1.58. The molecule has 1 saturated heterocycles. The Labute approximate surface area is 108 Å². The lowest BCUT2D eigenvalue weighted by molar-refractivity contribution is -0.132. The standard InChI is InChI=1S/C14H20N2O2/c1-10-8-12(11(2)15(10)3)13(17)9-16-7-5-4-6-14(16)18/h8H,4-7,9H2,1-3H3. The van der Waals surface area contributed by atoms with Crippen molar-refractivity contribution in [2.75, 3.05) is 13.1 Å². The van der Waals surface area contributed by atoms with Gasteiger partial charge in [0.15, 0.2) is 5.78 Å². The molecule has 0 bridgehead atoms. The van der Waals surface area contributed by atoms with Crippen LogP contribution in [0.4, 0.5) is 0 Å². The highest BCUT2D eigenvalue weighted by Gasteiger charge is 2.22. The summed E-state index contributed by atoms with van der Waals surface area (Å²) in [6.07, 6.45) is 2.54. The predicted molar refractivity (Wildman–Crippen MR) is 69.6 cm³/mol. The van der Waals surface area contributed by atoms with Gasteiger partial charge in [-0.05, 0) is 32.8 Å². The molecule has 1 aromatic rings. The molecular formula is C14H20N2O2. The van der Waals surface area contributed by atoms with Crippen LogP contribution in [0.25, 0.3) is 0 Å². The van der Waals surface area contributed by atoms with E-state index in [1.807, 2.05) is 31.5 Å². The first-order chi connectivity index (χ1) is 8.50. The van der Waals surface area contributed by atoms with Gasteiger partial charge in [-0.3, -0.25) is 9.59 Å². The first kappa shape index (κ1) is 12.9. The molecule has 0 aromatic carbocycles. The van der Waals surface area contributed by atoms with Crippen LogP contribution in [0.5, 0.6) is 0 Å². The van der Waals surface area contributed by atoms with E-state index in [0.717, 1.165) is 36.3 Å². The van der Waals surface area contributed by atoms with Crippen LogP contribution in [0, 0.1) is 13.8 Å². The van der Waals surface area contributed by atoms with Crippen LogP contribution in [0.15, 0.2) is 6.07 Å². The highest BCUT2D eigenvalue weighted by Crippen LogP contribution is 2.16. The molecule has 18 heavy (non-hydrogen) atoms. The first-order valence-electron chi connectivity index (χ1n) is 6.44. The van der Waals surface area contributed by atoms with Crippen molar-refractivity contribution in [1.82, 2.24) is 9.47 Å². The van der Waals surface area contributed by atoms with Crippen LogP contribution in [0.2, 0.25) is 0 Å². The van der Waals surface area contributed by atoms with Crippen molar-refractivity contribution in [1.29, 1.82) is 0 Å². The van der Waals surface area contributed by atoms with Gasteiger partial charge in [0, 0.05) is 37.0 Å². The third-order valence-electron chi connectivity index (χ3n) is 3.83. The lowest BCUT2D eigenvalue weighted by Crippen LogP contribution is -2.39. The van der Waals surface area contributed by atoms with Gasteiger partial charge in [0.05, 0.1) is 6.54 Å². The summed E-state index contributed by atoms with van der Waals surface area (Å²) in [6, 6.07) is 1.91. The van der Waals surface area contributed by atoms with Gasteiger partial charge in [-0.1, -0.05) is 0 Å². The smallest absolute Gasteiger partial charge is 0.222 e. The lowest BCUT2D eigenvalue weighted by Gasteiger charge is -2.25. The van der Waals surface area contributed by atoms with Gasteiger partial charge in [0.2, 0.25) is 5.91 Å². The summed E-state index contributed by atoms with van der Waals surface area (Å²) < 4.78 is 2.01. The van der Waals surface area contributed by atoms with Crippen LogP contribution >= 0.6 is 0 Å². The minimum Gasteiger partial charge on any atom is -0.351 e. The van der Waals surface area contributed by atoms with Crippen LogP contribution in [-0.4, -0.2) is 34.2 Å². The molecule has 0 radical (unpaired) electrons. The number of likely N-dealkylation sites (tertiary alicyclic amines) is 1. The minimum absolute atomic E-state index is 0.0476. The molecule has 0 unspecified atom stereocenters. The number of carbonyl (C=O) groups is 2. The number of rotatable bonds is 3. The molecule has 1 fully saturated rings. The van der Waals surface area contributed by atoms with E-state index in [9.17, 15) is 9.59 Å². The van der Waals surface area contributed by atoms with E-state index in [2.05, 4.69) is 0 Å². The molecule has 2 rings (SSSR count). The van der Waals surface area contributed by atoms with Crippen LogP contribution in [0.3, 0.4) is 0 Å². The van der Waals surface area contributed by atoms with Gasteiger partial charge < -0.3 is 9.47 Å². The van der Waals surface area contributed by atoms with E-state index in [-0.39, 0.29) is 18.2 Å². The van der Waals surface area contributed by atoms with E-state index in [1.165, 1.54) is 0 Å². The SMILES string of the molecule is Cc1cc(C(=O)CN2CCCCC2=O)c(C)n1C. The quantitative estimate of drug-likeness (QED) is 0.766. The Bertz CT molecular complexity index is 488. The van der Waals surface area contributed by atoms with Crippen molar-refractivity contribution >= 4 is 11.7 Å². The van der Waals surface area contributed by atoms with E-state index in [1.54, 1.807) is 4.90 Å². The number of ketones is 1. The monoisotopic (exact) mass is 248 g/mol. The third kappa shape index (κ3) is 2.33. The molecule has 0 N–H and O–H groups in total.